The molecule has 3 aromatic rings. The van der Waals surface area contributed by atoms with Gasteiger partial charge in [-0.05, 0) is 30.3 Å². The fourth-order valence-corrected chi connectivity index (χ4v) is 3.61. The summed E-state index contributed by atoms with van der Waals surface area (Å²) in [5, 5.41) is 3.61. The third-order valence-electron chi connectivity index (χ3n) is 5.12. The number of carbonyl (C=O) groups excluding carboxylic acids is 3. The van der Waals surface area contributed by atoms with Crippen molar-refractivity contribution in [2.75, 3.05) is 20.2 Å². The van der Waals surface area contributed by atoms with E-state index in [9.17, 15) is 14.4 Å². The van der Waals surface area contributed by atoms with Gasteiger partial charge in [-0.3, -0.25) is 9.59 Å². The first-order chi connectivity index (χ1) is 14.1. The number of esters is 1. The van der Waals surface area contributed by atoms with Crippen molar-refractivity contribution in [2.24, 2.45) is 0 Å². The molecule has 8 nitrogen and oxygen atoms in total. The number of H-pyrrole nitrogens is 1. The first kappa shape index (κ1) is 18.8. The summed E-state index contributed by atoms with van der Waals surface area (Å²) in [6, 6.07) is 8.59. The van der Waals surface area contributed by atoms with Crippen LogP contribution >= 0.6 is 0 Å². The molecule has 1 aromatic carbocycles. The largest absolute Gasteiger partial charge is 0.465 e. The third kappa shape index (κ3) is 3.73. The van der Waals surface area contributed by atoms with Crippen LogP contribution in [0, 0.1) is 0 Å². The Bertz CT molecular complexity index is 1070. The van der Waals surface area contributed by atoms with Gasteiger partial charge >= 0.3 is 5.97 Å². The Morgan fingerprint density at radius 2 is 2.14 bits per heavy atom. The summed E-state index contributed by atoms with van der Waals surface area (Å²) in [5.41, 5.74) is 3.51. The number of nitrogens with zero attached hydrogens (tertiary/aromatic N) is 1. The van der Waals surface area contributed by atoms with Crippen LogP contribution in [0.1, 0.15) is 38.6 Å². The number of aromatic amines is 1. The molecule has 4 rings (SSSR count). The number of rotatable bonds is 5. The Balaban J connectivity index is 1.42. The van der Waals surface area contributed by atoms with Gasteiger partial charge in [0.15, 0.2) is 5.76 Å². The molecular weight excluding hydrogens is 374 g/mol. The average molecular weight is 395 g/mol. The lowest BCUT2D eigenvalue weighted by Gasteiger charge is -2.27. The quantitative estimate of drug-likeness (QED) is 0.645. The lowest BCUT2D eigenvalue weighted by molar-refractivity contribution is -0.131. The van der Waals surface area contributed by atoms with E-state index in [0.717, 1.165) is 22.2 Å². The fraction of sp³-hybridized carbons (Fsp3) is 0.286. The molecule has 1 aliphatic heterocycles. The molecule has 0 bridgehead atoms. The molecule has 3 heterocycles. The second kappa shape index (κ2) is 7.83. The molecular formula is C21H21N3O5. The Hall–Kier alpha value is -3.55. The Morgan fingerprint density at radius 3 is 2.90 bits per heavy atom. The topological polar surface area (TPSA) is 105 Å². The van der Waals surface area contributed by atoms with Crippen molar-refractivity contribution in [3.05, 3.63) is 59.2 Å². The van der Waals surface area contributed by atoms with Gasteiger partial charge < -0.3 is 24.4 Å². The summed E-state index contributed by atoms with van der Waals surface area (Å²) >= 11 is 0. The van der Waals surface area contributed by atoms with Crippen LogP contribution in [-0.4, -0.2) is 47.9 Å². The number of amides is 2. The summed E-state index contributed by atoms with van der Waals surface area (Å²) < 4.78 is 9.83. The van der Waals surface area contributed by atoms with Crippen LogP contribution in [0.5, 0.6) is 0 Å². The van der Waals surface area contributed by atoms with E-state index in [-0.39, 0.29) is 30.5 Å². The van der Waals surface area contributed by atoms with Gasteiger partial charge in [-0.1, -0.05) is 0 Å². The summed E-state index contributed by atoms with van der Waals surface area (Å²) in [6.45, 7) is 1.31. The Morgan fingerprint density at radius 1 is 1.28 bits per heavy atom. The predicted molar refractivity (Wildman–Crippen MR) is 104 cm³/mol. The SMILES string of the molecule is COC(=O)c1ccc2[nH]c3c(c2c1)CN(C(=O)CCNC(=O)c1ccco1)CC3. The summed E-state index contributed by atoms with van der Waals surface area (Å²) in [7, 11) is 1.35. The molecule has 0 saturated heterocycles. The molecule has 0 saturated carbocycles. The number of furan rings is 1. The molecule has 2 N–H and O–H groups in total. The molecule has 0 unspecified atom stereocenters. The molecule has 0 aliphatic carbocycles. The van der Waals surface area contributed by atoms with Crippen LogP contribution in [0.4, 0.5) is 0 Å². The number of hydrogen-bond acceptors (Lipinski definition) is 5. The second-order valence-corrected chi connectivity index (χ2v) is 6.88. The van der Waals surface area contributed by atoms with Gasteiger partial charge in [0.25, 0.3) is 5.91 Å². The van der Waals surface area contributed by atoms with E-state index in [1.54, 1.807) is 29.2 Å². The van der Waals surface area contributed by atoms with Gasteiger partial charge in [0, 0.05) is 54.6 Å². The average Bonchev–Trinajstić information content (AvgIpc) is 3.40. The lowest BCUT2D eigenvalue weighted by atomic mass is 10.0. The van der Waals surface area contributed by atoms with Crippen LogP contribution in [0.15, 0.2) is 41.0 Å². The normalized spacial score (nSPS) is 13.2. The molecule has 0 spiro atoms. The highest BCUT2D eigenvalue weighted by molar-refractivity contribution is 5.96. The number of nitrogens with one attached hydrogen (secondary N) is 2. The van der Waals surface area contributed by atoms with E-state index in [1.807, 2.05) is 6.07 Å². The van der Waals surface area contributed by atoms with E-state index in [2.05, 4.69) is 10.3 Å². The van der Waals surface area contributed by atoms with E-state index in [1.165, 1.54) is 13.4 Å². The van der Waals surface area contributed by atoms with Crippen LogP contribution in [-0.2, 0) is 22.5 Å². The van der Waals surface area contributed by atoms with Crippen molar-refractivity contribution in [2.45, 2.75) is 19.4 Å². The van der Waals surface area contributed by atoms with Crippen LogP contribution in [0.2, 0.25) is 0 Å². The third-order valence-corrected chi connectivity index (χ3v) is 5.12. The Labute approximate surface area is 166 Å². The predicted octanol–water partition coefficient (Wildman–Crippen LogP) is 2.25. The molecule has 8 heteroatoms. The van der Waals surface area contributed by atoms with Gasteiger partial charge in [-0.15, -0.1) is 0 Å². The minimum atomic E-state index is -0.391. The van der Waals surface area contributed by atoms with Crippen molar-refractivity contribution in [1.29, 1.82) is 0 Å². The van der Waals surface area contributed by atoms with Crippen LogP contribution in [0.25, 0.3) is 10.9 Å². The molecule has 2 aromatic heterocycles. The summed E-state index contributed by atoms with van der Waals surface area (Å²) in [4.78, 5) is 41.5. The highest BCUT2D eigenvalue weighted by Gasteiger charge is 2.24. The molecule has 0 radical (unpaired) electrons. The van der Waals surface area contributed by atoms with Gasteiger partial charge in [-0.2, -0.15) is 0 Å². The van der Waals surface area contributed by atoms with Crippen LogP contribution < -0.4 is 5.32 Å². The van der Waals surface area contributed by atoms with Gasteiger partial charge in [-0.25, -0.2) is 4.79 Å². The maximum absolute atomic E-state index is 12.6. The van der Waals surface area contributed by atoms with E-state index < -0.39 is 5.97 Å². The van der Waals surface area contributed by atoms with Crippen molar-refractivity contribution in [3.63, 3.8) is 0 Å². The minimum absolute atomic E-state index is 0.0335. The molecule has 0 atom stereocenters. The number of aromatic nitrogens is 1. The fourth-order valence-electron chi connectivity index (χ4n) is 3.61. The van der Waals surface area contributed by atoms with E-state index in [4.69, 9.17) is 9.15 Å². The van der Waals surface area contributed by atoms with Crippen molar-refractivity contribution in [1.82, 2.24) is 15.2 Å². The number of hydrogen-bond donors (Lipinski definition) is 2. The molecule has 29 heavy (non-hydrogen) atoms. The maximum Gasteiger partial charge on any atom is 0.337 e. The highest BCUT2D eigenvalue weighted by atomic mass is 16.5. The highest BCUT2D eigenvalue weighted by Crippen LogP contribution is 2.29. The van der Waals surface area contributed by atoms with Crippen molar-refractivity contribution >= 4 is 28.7 Å². The zero-order valence-electron chi connectivity index (χ0n) is 16.0. The van der Waals surface area contributed by atoms with E-state index in [0.29, 0.717) is 25.1 Å². The van der Waals surface area contributed by atoms with Crippen molar-refractivity contribution in [3.8, 4) is 0 Å². The van der Waals surface area contributed by atoms with Crippen LogP contribution in [0.3, 0.4) is 0 Å². The van der Waals surface area contributed by atoms with Crippen molar-refractivity contribution < 1.29 is 23.5 Å². The minimum Gasteiger partial charge on any atom is -0.465 e. The summed E-state index contributed by atoms with van der Waals surface area (Å²) in [6.07, 6.45) is 2.35. The first-order valence-corrected chi connectivity index (χ1v) is 9.38. The number of benzene rings is 1. The molecule has 1 aliphatic rings. The standard InChI is InChI=1S/C21H21N3O5/c1-28-21(27)13-4-5-16-14(11-13)15-12-24(9-7-17(15)23-16)19(25)6-8-22-20(26)18-3-2-10-29-18/h2-5,10-11,23H,6-9,12H2,1H3,(H,22,26). The van der Waals surface area contributed by atoms with Gasteiger partial charge in [0.1, 0.15) is 0 Å². The first-order valence-electron chi connectivity index (χ1n) is 9.38. The number of carbonyl (C=O) groups is 3. The second-order valence-electron chi connectivity index (χ2n) is 6.88. The van der Waals surface area contributed by atoms with Gasteiger partial charge in [0.2, 0.25) is 5.91 Å². The molecule has 0 fully saturated rings. The number of ether oxygens (including phenoxy) is 1. The maximum atomic E-state index is 12.6. The lowest BCUT2D eigenvalue weighted by Crippen LogP contribution is -2.37. The number of methoxy groups -OCH3 is 1. The van der Waals surface area contributed by atoms with Gasteiger partial charge in [0.05, 0.1) is 18.9 Å². The summed E-state index contributed by atoms with van der Waals surface area (Å²) in [5.74, 6) is -0.539. The Kier molecular flexibility index (Phi) is 5.07. The monoisotopic (exact) mass is 395 g/mol. The number of fused-ring (bicyclic) bond motifs is 3. The zero-order chi connectivity index (χ0) is 20.4. The molecule has 150 valence electrons. The zero-order valence-corrected chi connectivity index (χ0v) is 16.0. The molecule has 2 amide bonds. The smallest absolute Gasteiger partial charge is 0.337 e. The van der Waals surface area contributed by atoms with E-state index >= 15 is 0 Å².